The summed E-state index contributed by atoms with van der Waals surface area (Å²) in [4.78, 5) is 2.57. The van der Waals surface area contributed by atoms with E-state index in [0.29, 0.717) is 18.0 Å². The molecule has 1 aliphatic rings. The van der Waals surface area contributed by atoms with E-state index in [4.69, 9.17) is 4.74 Å². The van der Waals surface area contributed by atoms with Gasteiger partial charge >= 0.3 is 0 Å². The molecule has 0 aromatic heterocycles. The Labute approximate surface area is 94.2 Å². The highest BCUT2D eigenvalue weighted by molar-refractivity contribution is 4.85. The van der Waals surface area contributed by atoms with Gasteiger partial charge in [-0.3, -0.25) is 4.90 Å². The largest absolute Gasteiger partial charge is 0.380 e. The van der Waals surface area contributed by atoms with Gasteiger partial charge in [-0.05, 0) is 19.8 Å². The smallest absolute Gasteiger partial charge is 0.0593 e. The molecule has 0 aromatic carbocycles. The van der Waals surface area contributed by atoms with E-state index in [-0.39, 0.29) is 0 Å². The molecule has 3 nitrogen and oxygen atoms in total. The van der Waals surface area contributed by atoms with E-state index >= 15 is 0 Å². The highest BCUT2D eigenvalue weighted by Gasteiger charge is 2.27. The van der Waals surface area contributed by atoms with E-state index in [1.807, 2.05) is 0 Å². The second-order valence-electron chi connectivity index (χ2n) is 4.81. The van der Waals surface area contributed by atoms with Crippen LogP contribution in [0.1, 0.15) is 27.7 Å². The minimum Gasteiger partial charge on any atom is -0.380 e. The molecule has 1 N–H and O–H groups in total. The molecule has 1 aliphatic heterocycles. The third kappa shape index (κ3) is 4.09. The van der Waals surface area contributed by atoms with Crippen LogP contribution in [-0.2, 0) is 4.74 Å². The molecule has 2 unspecified atom stereocenters. The Hall–Kier alpha value is -0.120. The molecule has 1 saturated heterocycles. The fourth-order valence-corrected chi connectivity index (χ4v) is 2.24. The van der Waals surface area contributed by atoms with Gasteiger partial charge in [0.1, 0.15) is 0 Å². The second-order valence-corrected chi connectivity index (χ2v) is 4.81. The molecule has 0 amide bonds. The maximum absolute atomic E-state index is 5.44. The summed E-state index contributed by atoms with van der Waals surface area (Å²) in [6.45, 7) is 13.9. The molecule has 0 aromatic rings. The summed E-state index contributed by atoms with van der Waals surface area (Å²) in [7, 11) is 0. The number of piperazine rings is 1. The summed E-state index contributed by atoms with van der Waals surface area (Å²) < 4.78 is 5.44. The highest BCUT2D eigenvalue weighted by Crippen LogP contribution is 2.14. The molecule has 0 radical (unpaired) electrons. The van der Waals surface area contributed by atoms with Crippen LogP contribution in [0, 0.1) is 5.92 Å². The van der Waals surface area contributed by atoms with E-state index in [9.17, 15) is 0 Å². The first kappa shape index (κ1) is 12.9. The van der Waals surface area contributed by atoms with Crippen LogP contribution in [0.4, 0.5) is 0 Å². The number of rotatable bonds is 5. The molecule has 90 valence electrons. The average molecular weight is 214 g/mol. The van der Waals surface area contributed by atoms with Crippen molar-refractivity contribution in [1.82, 2.24) is 10.2 Å². The molecular weight excluding hydrogens is 188 g/mol. The lowest BCUT2D eigenvalue weighted by atomic mass is 9.99. The molecule has 0 aliphatic carbocycles. The summed E-state index contributed by atoms with van der Waals surface area (Å²) in [5, 5.41) is 3.55. The zero-order chi connectivity index (χ0) is 11.3. The normalized spacial score (nSPS) is 28.6. The Morgan fingerprint density at radius 2 is 2.20 bits per heavy atom. The van der Waals surface area contributed by atoms with Gasteiger partial charge in [-0.2, -0.15) is 0 Å². The summed E-state index contributed by atoms with van der Waals surface area (Å²) in [5.74, 6) is 0.714. The summed E-state index contributed by atoms with van der Waals surface area (Å²) in [5.41, 5.74) is 0. The first-order valence-corrected chi connectivity index (χ1v) is 6.20. The monoisotopic (exact) mass is 214 g/mol. The Bertz CT molecular complexity index is 173. The maximum Gasteiger partial charge on any atom is 0.0593 e. The fourth-order valence-electron chi connectivity index (χ4n) is 2.24. The third-order valence-electron chi connectivity index (χ3n) is 3.15. The second kappa shape index (κ2) is 6.46. The molecule has 1 rings (SSSR count). The van der Waals surface area contributed by atoms with Crippen LogP contribution in [-0.4, -0.2) is 49.8 Å². The van der Waals surface area contributed by atoms with Crippen LogP contribution in [0.5, 0.6) is 0 Å². The first-order chi connectivity index (χ1) is 7.15. The summed E-state index contributed by atoms with van der Waals surface area (Å²) in [6, 6.07) is 1.28. The Morgan fingerprint density at radius 3 is 2.80 bits per heavy atom. The maximum atomic E-state index is 5.44. The van der Waals surface area contributed by atoms with Crippen molar-refractivity contribution in [3.05, 3.63) is 0 Å². The molecule has 1 fully saturated rings. The van der Waals surface area contributed by atoms with Gasteiger partial charge in [0, 0.05) is 38.3 Å². The van der Waals surface area contributed by atoms with E-state index in [0.717, 1.165) is 32.8 Å². The summed E-state index contributed by atoms with van der Waals surface area (Å²) in [6.07, 6.45) is 0. The van der Waals surface area contributed by atoms with Gasteiger partial charge in [0.05, 0.1) is 6.61 Å². The standard InChI is InChI=1S/C12H26N2O/c1-5-15-7-6-14-9-11(4)13-8-12(14)10(2)3/h10-13H,5-9H2,1-4H3. The van der Waals surface area contributed by atoms with Crippen molar-refractivity contribution in [1.29, 1.82) is 0 Å². The number of nitrogens with zero attached hydrogens (tertiary/aromatic N) is 1. The van der Waals surface area contributed by atoms with E-state index in [1.54, 1.807) is 0 Å². The molecule has 0 saturated carbocycles. The van der Waals surface area contributed by atoms with Gasteiger partial charge in [-0.15, -0.1) is 0 Å². The van der Waals surface area contributed by atoms with Crippen molar-refractivity contribution in [2.45, 2.75) is 39.8 Å². The zero-order valence-electron chi connectivity index (χ0n) is 10.6. The van der Waals surface area contributed by atoms with Crippen molar-refractivity contribution in [2.24, 2.45) is 5.92 Å². The van der Waals surface area contributed by atoms with E-state index < -0.39 is 0 Å². The lowest BCUT2D eigenvalue weighted by Gasteiger charge is -2.41. The predicted molar refractivity (Wildman–Crippen MR) is 64.2 cm³/mol. The van der Waals surface area contributed by atoms with Crippen LogP contribution >= 0.6 is 0 Å². The minimum absolute atomic E-state index is 0.613. The lowest BCUT2D eigenvalue weighted by Crippen LogP contribution is -2.57. The van der Waals surface area contributed by atoms with Gasteiger partial charge < -0.3 is 10.1 Å². The predicted octanol–water partition coefficient (Wildman–Crippen LogP) is 1.34. The number of hydrogen-bond acceptors (Lipinski definition) is 3. The van der Waals surface area contributed by atoms with Gasteiger partial charge in [-0.1, -0.05) is 13.8 Å². The van der Waals surface area contributed by atoms with Crippen molar-refractivity contribution >= 4 is 0 Å². The topological polar surface area (TPSA) is 24.5 Å². The van der Waals surface area contributed by atoms with Crippen LogP contribution in [0.25, 0.3) is 0 Å². The summed E-state index contributed by atoms with van der Waals surface area (Å²) >= 11 is 0. The zero-order valence-corrected chi connectivity index (χ0v) is 10.6. The number of hydrogen-bond donors (Lipinski definition) is 1. The van der Waals surface area contributed by atoms with Gasteiger partial charge in [-0.25, -0.2) is 0 Å². The quantitative estimate of drug-likeness (QED) is 0.699. The van der Waals surface area contributed by atoms with Gasteiger partial charge in [0.25, 0.3) is 0 Å². The van der Waals surface area contributed by atoms with Crippen molar-refractivity contribution in [3.8, 4) is 0 Å². The van der Waals surface area contributed by atoms with E-state index in [1.165, 1.54) is 0 Å². The Morgan fingerprint density at radius 1 is 1.47 bits per heavy atom. The molecule has 3 heteroatoms. The number of ether oxygens (including phenoxy) is 1. The van der Waals surface area contributed by atoms with Crippen LogP contribution in [0.3, 0.4) is 0 Å². The van der Waals surface area contributed by atoms with Crippen molar-refractivity contribution in [2.75, 3.05) is 32.8 Å². The van der Waals surface area contributed by atoms with Crippen molar-refractivity contribution in [3.63, 3.8) is 0 Å². The minimum atomic E-state index is 0.613. The number of nitrogens with one attached hydrogen (secondary N) is 1. The molecular formula is C12H26N2O. The molecule has 0 spiro atoms. The molecule has 0 bridgehead atoms. The lowest BCUT2D eigenvalue weighted by molar-refractivity contribution is 0.0566. The van der Waals surface area contributed by atoms with Crippen LogP contribution in [0.15, 0.2) is 0 Å². The first-order valence-electron chi connectivity index (χ1n) is 6.20. The van der Waals surface area contributed by atoms with Gasteiger partial charge in [0.2, 0.25) is 0 Å². The highest BCUT2D eigenvalue weighted by atomic mass is 16.5. The van der Waals surface area contributed by atoms with Crippen LogP contribution in [0.2, 0.25) is 0 Å². The molecule has 1 heterocycles. The SMILES string of the molecule is CCOCCN1CC(C)NCC1C(C)C. The average Bonchev–Trinajstić information content (AvgIpc) is 2.18. The fraction of sp³-hybridized carbons (Fsp3) is 1.00. The Balaban J connectivity index is 2.39. The van der Waals surface area contributed by atoms with Crippen molar-refractivity contribution < 1.29 is 4.74 Å². The molecule has 2 atom stereocenters. The Kier molecular flexibility index (Phi) is 5.58. The van der Waals surface area contributed by atoms with E-state index in [2.05, 4.69) is 37.9 Å². The third-order valence-corrected chi connectivity index (χ3v) is 3.15. The molecule has 15 heavy (non-hydrogen) atoms. The van der Waals surface area contributed by atoms with Crippen LogP contribution < -0.4 is 5.32 Å². The van der Waals surface area contributed by atoms with Gasteiger partial charge in [0.15, 0.2) is 0 Å².